The zero-order valence-electron chi connectivity index (χ0n) is 7.48. The highest BCUT2D eigenvalue weighted by Gasteiger charge is 2.30. The summed E-state index contributed by atoms with van der Waals surface area (Å²) >= 11 is 0. The fraction of sp³-hybridized carbons (Fsp3) is 0.500. The zero-order chi connectivity index (χ0) is 9.26. The minimum absolute atomic E-state index is 0.0476. The van der Waals surface area contributed by atoms with Gasteiger partial charge in [0, 0.05) is 12.2 Å². The van der Waals surface area contributed by atoms with Gasteiger partial charge in [0.05, 0.1) is 12.3 Å². The molecule has 1 saturated carbocycles. The molecular weight excluding hydrogens is 164 g/mol. The topological polar surface area (TPSA) is 59.1 Å². The van der Waals surface area contributed by atoms with Crippen LogP contribution in [0.1, 0.15) is 30.1 Å². The molecule has 0 unspecified atom stereocenters. The van der Waals surface area contributed by atoms with Crippen molar-refractivity contribution in [3.63, 3.8) is 0 Å². The number of aromatic nitrogens is 1. The van der Waals surface area contributed by atoms with Gasteiger partial charge >= 0.3 is 0 Å². The van der Waals surface area contributed by atoms with Gasteiger partial charge in [-0.05, 0) is 30.4 Å². The van der Waals surface area contributed by atoms with Gasteiger partial charge in [-0.3, -0.25) is 4.98 Å². The summed E-state index contributed by atoms with van der Waals surface area (Å²) in [6.07, 6.45) is 4.15. The van der Waals surface area contributed by atoms with Crippen molar-refractivity contribution in [1.29, 1.82) is 0 Å². The molecule has 0 spiro atoms. The number of aliphatic hydroxyl groups is 1. The molecule has 3 N–H and O–H groups in total. The van der Waals surface area contributed by atoms with Crippen LogP contribution < -0.4 is 5.73 Å². The molecule has 70 valence electrons. The van der Waals surface area contributed by atoms with E-state index >= 15 is 0 Å². The first kappa shape index (κ1) is 8.66. The van der Waals surface area contributed by atoms with Gasteiger partial charge in [-0.1, -0.05) is 6.07 Å². The van der Waals surface area contributed by atoms with E-state index in [2.05, 4.69) is 4.98 Å². The molecule has 1 heterocycles. The molecule has 2 rings (SSSR count). The van der Waals surface area contributed by atoms with Crippen molar-refractivity contribution in [2.45, 2.75) is 25.5 Å². The third-order valence-electron chi connectivity index (χ3n) is 2.50. The normalized spacial score (nSPS) is 18.6. The second-order valence-corrected chi connectivity index (χ2v) is 3.61. The third kappa shape index (κ3) is 1.87. The van der Waals surface area contributed by atoms with Crippen molar-refractivity contribution in [2.24, 2.45) is 11.7 Å². The van der Waals surface area contributed by atoms with E-state index in [9.17, 15) is 0 Å². The molecule has 0 aromatic carbocycles. The third-order valence-corrected chi connectivity index (χ3v) is 2.50. The van der Waals surface area contributed by atoms with Crippen molar-refractivity contribution in [3.05, 3.63) is 29.6 Å². The van der Waals surface area contributed by atoms with E-state index < -0.39 is 0 Å². The number of nitrogens with two attached hydrogens (primary N) is 1. The molecule has 1 atom stereocenters. The number of nitrogens with zero attached hydrogens (tertiary/aromatic N) is 1. The van der Waals surface area contributed by atoms with Crippen molar-refractivity contribution in [3.8, 4) is 0 Å². The average Bonchev–Trinajstić information content (AvgIpc) is 3.00. The maximum absolute atomic E-state index is 8.82. The molecule has 0 radical (unpaired) electrons. The van der Waals surface area contributed by atoms with Gasteiger partial charge in [-0.15, -0.1) is 0 Å². The summed E-state index contributed by atoms with van der Waals surface area (Å²) in [7, 11) is 0. The molecule has 1 aliphatic carbocycles. The van der Waals surface area contributed by atoms with Crippen LogP contribution in [0, 0.1) is 5.92 Å². The van der Waals surface area contributed by atoms with Gasteiger partial charge in [0.2, 0.25) is 0 Å². The Morgan fingerprint density at radius 2 is 2.31 bits per heavy atom. The van der Waals surface area contributed by atoms with Gasteiger partial charge in [0.1, 0.15) is 0 Å². The minimum Gasteiger partial charge on any atom is -0.392 e. The molecule has 0 saturated heterocycles. The monoisotopic (exact) mass is 178 g/mol. The SMILES string of the molecule is N[C@H](c1ccc(CO)cn1)C1CC1. The lowest BCUT2D eigenvalue weighted by molar-refractivity contribution is 0.281. The Labute approximate surface area is 77.6 Å². The Bertz CT molecular complexity index is 279. The lowest BCUT2D eigenvalue weighted by atomic mass is 10.1. The lowest BCUT2D eigenvalue weighted by Gasteiger charge is -2.09. The molecular formula is C10H14N2O. The summed E-state index contributed by atoms with van der Waals surface area (Å²) in [5.41, 5.74) is 7.75. The van der Waals surface area contributed by atoms with Gasteiger partial charge in [0.15, 0.2) is 0 Å². The summed E-state index contributed by atoms with van der Waals surface area (Å²) < 4.78 is 0. The van der Waals surface area contributed by atoms with Crippen LogP contribution >= 0.6 is 0 Å². The van der Waals surface area contributed by atoms with Crippen molar-refractivity contribution in [1.82, 2.24) is 4.98 Å². The minimum atomic E-state index is 0.0476. The molecule has 13 heavy (non-hydrogen) atoms. The van der Waals surface area contributed by atoms with Crippen LogP contribution in [0.15, 0.2) is 18.3 Å². The lowest BCUT2D eigenvalue weighted by Crippen LogP contribution is -2.13. The quantitative estimate of drug-likeness (QED) is 0.725. The first-order chi connectivity index (χ1) is 6.31. The number of hydrogen-bond acceptors (Lipinski definition) is 3. The predicted molar refractivity (Wildman–Crippen MR) is 49.8 cm³/mol. The Hall–Kier alpha value is -0.930. The summed E-state index contributed by atoms with van der Waals surface area (Å²) in [5, 5.41) is 8.82. The van der Waals surface area contributed by atoms with Gasteiger partial charge in [-0.25, -0.2) is 0 Å². The molecule has 3 heteroatoms. The maximum Gasteiger partial charge on any atom is 0.0696 e. The highest BCUT2D eigenvalue weighted by Crippen LogP contribution is 2.38. The molecule has 1 fully saturated rings. The van der Waals surface area contributed by atoms with Crippen molar-refractivity contribution < 1.29 is 5.11 Å². The molecule has 1 aliphatic rings. The number of aliphatic hydroxyl groups excluding tert-OH is 1. The smallest absolute Gasteiger partial charge is 0.0696 e. The Balaban J connectivity index is 2.11. The van der Waals surface area contributed by atoms with Crippen LogP contribution in [0.25, 0.3) is 0 Å². The van der Waals surface area contributed by atoms with Crippen molar-refractivity contribution >= 4 is 0 Å². The maximum atomic E-state index is 8.82. The van der Waals surface area contributed by atoms with E-state index in [4.69, 9.17) is 10.8 Å². The van der Waals surface area contributed by atoms with Gasteiger partial charge in [-0.2, -0.15) is 0 Å². The summed E-state index contributed by atoms with van der Waals surface area (Å²) in [6.45, 7) is 0.0476. The van der Waals surface area contributed by atoms with E-state index in [-0.39, 0.29) is 12.6 Å². The second-order valence-electron chi connectivity index (χ2n) is 3.61. The van der Waals surface area contributed by atoms with Crippen LogP contribution in [-0.2, 0) is 6.61 Å². The van der Waals surface area contributed by atoms with E-state index in [1.54, 1.807) is 6.20 Å². The fourth-order valence-electron chi connectivity index (χ4n) is 1.42. The largest absolute Gasteiger partial charge is 0.392 e. The first-order valence-electron chi connectivity index (χ1n) is 4.62. The highest BCUT2D eigenvalue weighted by atomic mass is 16.3. The molecule has 0 amide bonds. The summed E-state index contributed by atoms with van der Waals surface area (Å²) in [4.78, 5) is 4.23. The number of hydrogen-bond donors (Lipinski definition) is 2. The standard InChI is InChI=1S/C10H14N2O/c11-10(8-2-3-8)9-4-1-7(6-13)5-12-9/h1,4-5,8,10,13H,2-3,6,11H2/t10-/m0/s1. The van der Waals surface area contributed by atoms with Crippen LogP contribution in [-0.4, -0.2) is 10.1 Å². The van der Waals surface area contributed by atoms with Crippen LogP contribution in [0.3, 0.4) is 0 Å². The van der Waals surface area contributed by atoms with E-state index in [0.717, 1.165) is 11.3 Å². The predicted octanol–water partition coefficient (Wildman–Crippen LogP) is 0.984. The molecule has 3 nitrogen and oxygen atoms in total. The molecule has 0 bridgehead atoms. The average molecular weight is 178 g/mol. The number of pyridine rings is 1. The molecule has 0 aliphatic heterocycles. The molecule has 1 aromatic heterocycles. The van der Waals surface area contributed by atoms with E-state index in [1.165, 1.54) is 12.8 Å². The zero-order valence-corrected chi connectivity index (χ0v) is 7.48. The first-order valence-corrected chi connectivity index (χ1v) is 4.62. The van der Waals surface area contributed by atoms with Crippen LogP contribution in [0.4, 0.5) is 0 Å². The van der Waals surface area contributed by atoms with Gasteiger partial charge in [0.25, 0.3) is 0 Å². The van der Waals surface area contributed by atoms with Gasteiger partial charge < -0.3 is 10.8 Å². The summed E-state index contributed by atoms with van der Waals surface area (Å²) in [6, 6.07) is 3.88. The van der Waals surface area contributed by atoms with Crippen LogP contribution in [0.5, 0.6) is 0 Å². The Kier molecular flexibility index (Phi) is 2.29. The van der Waals surface area contributed by atoms with Crippen LogP contribution in [0.2, 0.25) is 0 Å². The highest BCUT2D eigenvalue weighted by molar-refractivity contribution is 5.17. The molecule has 1 aromatic rings. The fourth-order valence-corrected chi connectivity index (χ4v) is 1.42. The number of rotatable bonds is 3. The second kappa shape index (κ2) is 3.44. The summed E-state index contributed by atoms with van der Waals surface area (Å²) in [5.74, 6) is 0.632. The van der Waals surface area contributed by atoms with E-state index in [0.29, 0.717) is 5.92 Å². The van der Waals surface area contributed by atoms with E-state index in [1.807, 2.05) is 12.1 Å². The Morgan fingerprint density at radius 3 is 2.77 bits per heavy atom. The van der Waals surface area contributed by atoms with Crippen molar-refractivity contribution in [2.75, 3.05) is 0 Å². The Morgan fingerprint density at radius 1 is 1.54 bits per heavy atom.